The summed E-state index contributed by atoms with van der Waals surface area (Å²) in [5.74, 6) is -2.46. The molecule has 0 bridgehead atoms. The Morgan fingerprint density at radius 3 is 2.73 bits per heavy atom. The van der Waals surface area contributed by atoms with E-state index in [1.807, 2.05) is 25.1 Å². The van der Waals surface area contributed by atoms with E-state index in [-0.39, 0.29) is 6.54 Å². The zero-order valence-corrected chi connectivity index (χ0v) is 9.67. The molecule has 1 amide bonds. The first kappa shape index (κ1) is 11.7. The number of carbonyl (C=O) groups is 2. The van der Waals surface area contributed by atoms with E-state index in [9.17, 15) is 9.59 Å². The predicted molar refractivity (Wildman–Crippen MR) is 58.4 cm³/mol. The van der Waals surface area contributed by atoms with E-state index >= 15 is 0 Å². The van der Waals surface area contributed by atoms with Gasteiger partial charge in [0.15, 0.2) is 0 Å². The van der Waals surface area contributed by atoms with E-state index in [1.54, 1.807) is 0 Å². The third-order valence-electron chi connectivity index (χ3n) is 1.94. The molecule has 0 aliphatic carbocycles. The average molecular weight is 272 g/mol. The van der Waals surface area contributed by atoms with Crippen molar-refractivity contribution in [1.82, 2.24) is 5.32 Å². The van der Waals surface area contributed by atoms with E-state index in [4.69, 9.17) is 5.11 Å². The molecule has 1 aromatic rings. The van der Waals surface area contributed by atoms with Crippen molar-refractivity contribution >= 4 is 27.8 Å². The molecular weight excluding hydrogens is 262 g/mol. The van der Waals surface area contributed by atoms with Crippen LogP contribution in [0.3, 0.4) is 0 Å². The third kappa shape index (κ3) is 3.36. The zero-order chi connectivity index (χ0) is 11.4. The van der Waals surface area contributed by atoms with Crippen LogP contribution < -0.4 is 5.32 Å². The Balaban J connectivity index is 2.69. The van der Waals surface area contributed by atoms with Gasteiger partial charge in [0.2, 0.25) is 0 Å². The molecule has 15 heavy (non-hydrogen) atoms. The summed E-state index contributed by atoms with van der Waals surface area (Å²) in [6.45, 7) is 2.12. The zero-order valence-electron chi connectivity index (χ0n) is 8.08. The Hall–Kier alpha value is -1.36. The SMILES string of the molecule is Cc1ccc(Br)cc1CNC(=O)C(=O)O. The molecule has 0 heterocycles. The summed E-state index contributed by atoms with van der Waals surface area (Å²) in [7, 11) is 0. The maximum absolute atomic E-state index is 10.8. The molecule has 0 saturated carbocycles. The summed E-state index contributed by atoms with van der Waals surface area (Å²) in [6, 6.07) is 5.63. The topological polar surface area (TPSA) is 66.4 Å². The number of hydrogen-bond donors (Lipinski definition) is 2. The van der Waals surface area contributed by atoms with Crippen molar-refractivity contribution in [3.05, 3.63) is 33.8 Å². The summed E-state index contributed by atoms with van der Waals surface area (Å²) >= 11 is 3.30. The van der Waals surface area contributed by atoms with E-state index in [1.165, 1.54) is 0 Å². The number of benzene rings is 1. The molecule has 0 aromatic heterocycles. The van der Waals surface area contributed by atoms with Crippen LogP contribution >= 0.6 is 15.9 Å². The van der Waals surface area contributed by atoms with Crippen molar-refractivity contribution in [3.8, 4) is 0 Å². The molecule has 0 spiro atoms. The number of hydrogen-bond acceptors (Lipinski definition) is 2. The number of carbonyl (C=O) groups excluding carboxylic acids is 1. The molecule has 0 unspecified atom stereocenters. The highest BCUT2D eigenvalue weighted by atomic mass is 79.9. The minimum absolute atomic E-state index is 0.219. The summed E-state index contributed by atoms with van der Waals surface area (Å²) in [4.78, 5) is 21.0. The second-order valence-corrected chi connectivity index (χ2v) is 3.97. The van der Waals surface area contributed by atoms with Gasteiger partial charge < -0.3 is 10.4 Å². The lowest BCUT2D eigenvalue weighted by Gasteiger charge is -2.06. The van der Waals surface area contributed by atoms with Crippen LogP contribution in [-0.4, -0.2) is 17.0 Å². The fourth-order valence-corrected chi connectivity index (χ4v) is 1.49. The maximum atomic E-state index is 10.8. The van der Waals surface area contributed by atoms with Crippen LogP contribution in [0.2, 0.25) is 0 Å². The Morgan fingerprint density at radius 1 is 1.47 bits per heavy atom. The van der Waals surface area contributed by atoms with Gasteiger partial charge in [0.1, 0.15) is 0 Å². The van der Waals surface area contributed by atoms with Gasteiger partial charge in [-0.2, -0.15) is 0 Å². The molecular formula is C10H10BrNO3. The highest BCUT2D eigenvalue weighted by molar-refractivity contribution is 9.10. The smallest absolute Gasteiger partial charge is 0.394 e. The van der Waals surface area contributed by atoms with Crippen LogP contribution in [0, 0.1) is 6.92 Å². The molecule has 0 atom stereocenters. The molecule has 0 aliphatic rings. The highest BCUT2D eigenvalue weighted by Crippen LogP contribution is 2.15. The second-order valence-electron chi connectivity index (χ2n) is 3.06. The minimum atomic E-state index is -1.47. The van der Waals surface area contributed by atoms with E-state index in [0.29, 0.717) is 0 Å². The molecule has 0 saturated heterocycles. The number of carboxylic acid groups (broad SMARTS) is 1. The second kappa shape index (κ2) is 4.93. The van der Waals surface area contributed by atoms with Crippen molar-refractivity contribution in [1.29, 1.82) is 0 Å². The fourth-order valence-electron chi connectivity index (χ4n) is 1.08. The standard InChI is InChI=1S/C10H10BrNO3/c1-6-2-3-8(11)4-7(6)5-12-9(13)10(14)15/h2-4H,5H2,1H3,(H,12,13)(H,14,15). The Bertz CT molecular complexity index is 404. The first-order valence-corrected chi connectivity index (χ1v) is 5.06. The quantitative estimate of drug-likeness (QED) is 0.801. The minimum Gasteiger partial charge on any atom is -0.474 e. The van der Waals surface area contributed by atoms with Crippen molar-refractivity contribution in [3.63, 3.8) is 0 Å². The monoisotopic (exact) mass is 271 g/mol. The Morgan fingerprint density at radius 2 is 2.13 bits per heavy atom. The Kier molecular flexibility index (Phi) is 3.85. The van der Waals surface area contributed by atoms with E-state index in [0.717, 1.165) is 15.6 Å². The molecule has 0 aliphatic heterocycles. The number of carboxylic acids is 1. The summed E-state index contributed by atoms with van der Waals surface area (Å²) in [5.41, 5.74) is 1.89. The highest BCUT2D eigenvalue weighted by Gasteiger charge is 2.10. The maximum Gasteiger partial charge on any atom is 0.394 e. The molecule has 80 valence electrons. The predicted octanol–water partition coefficient (Wildman–Crippen LogP) is 1.46. The van der Waals surface area contributed by atoms with Gasteiger partial charge in [-0.25, -0.2) is 4.79 Å². The molecule has 0 fully saturated rings. The number of amides is 1. The van der Waals surface area contributed by atoms with Crippen LogP contribution in [0.5, 0.6) is 0 Å². The van der Waals surface area contributed by atoms with Gasteiger partial charge in [-0.3, -0.25) is 4.79 Å². The number of nitrogens with one attached hydrogen (secondary N) is 1. The van der Waals surface area contributed by atoms with Crippen LogP contribution in [0.15, 0.2) is 22.7 Å². The average Bonchev–Trinajstić information content (AvgIpc) is 2.18. The molecule has 1 aromatic carbocycles. The molecule has 1 rings (SSSR count). The van der Waals surface area contributed by atoms with Gasteiger partial charge in [0.05, 0.1) is 0 Å². The van der Waals surface area contributed by atoms with Gasteiger partial charge >= 0.3 is 11.9 Å². The van der Waals surface area contributed by atoms with Gasteiger partial charge in [-0.05, 0) is 30.2 Å². The lowest BCUT2D eigenvalue weighted by molar-refractivity contribution is -0.150. The number of aliphatic carboxylic acids is 1. The van der Waals surface area contributed by atoms with E-state index < -0.39 is 11.9 Å². The first-order valence-electron chi connectivity index (χ1n) is 4.27. The number of rotatable bonds is 2. The third-order valence-corrected chi connectivity index (χ3v) is 2.44. The molecule has 5 heteroatoms. The fraction of sp³-hybridized carbons (Fsp3) is 0.200. The summed E-state index contributed by atoms with van der Waals surface area (Å²) < 4.78 is 0.896. The lowest BCUT2D eigenvalue weighted by Crippen LogP contribution is -2.30. The summed E-state index contributed by atoms with van der Waals surface area (Å²) in [6.07, 6.45) is 0. The first-order chi connectivity index (χ1) is 7.00. The largest absolute Gasteiger partial charge is 0.474 e. The van der Waals surface area contributed by atoms with Gasteiger partial charge in [0.25, 0.3) is 0 Å². The van der Waals surface area contributed by atoms with Crippen LogP contribution in [0.4, 0.5) is 0 Å². The normalized spacial score (nSPS) is 9.73. The number of halogens is 1. The Labute approximate surface area is 95.4 Å². The number of aryl methyl sites for hydroxylation is 1. The van der Waals surface area contributed by atoms with Gasteiger partial charge in [0, 0.05) is 11.0 Å². The molecule has 4 nitrogen and oxygen atoms in total. The van der Waals surface area contributed by atoms with E-state index in [2.05, 4.69) is 21.2 Å². The van der Waals surface area contributed by atoms with Crippen LogP contribution in [0.25, 0.3) is 0 Å². The molecule has 0 radical (unpaired) electrons. The molecule has 2 N–H and O–H groups in total. The van der Waals surface area contributed by atoms with Gasteiger partial charge in [-0.15, -0.1) is 0 Å². The van der Waals surface area contributed by atoms with Crippen LogP contribution in [-0.2, 0) is 16.1 Å². The van der Waals surface area contributed by atoms with Crippen molar-refractivity contribution in [2.75, 3.05) is 0 Å². The lowest BCUT2D eigenvalue weighted by atomic mass is 10.1. The van der Waals surface area contributed by atoms with Crippen LogP contribution in [0.1, 0.15) is 11.1 Å². The summed E-state index contributed by atoms with van der Waals surface area (Å²) in [5, 5.41) is 10.7. The van der Waals surface area contributed by atoms with Gasteiger partial charge in [-0.1, -0.05) is 22.0 Å². The van der Waals surface area contributed by atoms with Crippen molar-refractivity contribution in [2.24, 2.45) is 0 Å². The van der Waals surface area contributed by atoms with Crippen molar-refractivity contribution in [2.45, 2.75) is 13.5 Å². The van der Waals surface area contributed by atoms with Crippen molar-refractivity contribution < 1.29 is 14.7 Å².